The molecule has 12 heteroatoms. The molecule has 2 saturated heterocycles. The lowest BCUT2D eigenvalue weighted by atomic mass is 10.2. The summed E-state index contributed by atoms with van der Waals surface area (Å²) in [4.78, 5) is 20.2. The van der Waals surface area contributed by atoms with Crippen LogP contribution in [0, 0.1) is 24.0 Å². The van der Waals surface area contributed by atoms with Crippen LogP contribution in [0.25, 0.3) is 0 Å². The Morgan fingerprint density at radius 2 is 1.15 bits per heavy atom. The second-order valence-electron chi connectivity index (χ2n) is 10.6. The summed E-state index contributed by atoms with van der Waals surface area (Å²) in [5, 5.41) is 10.8. The smallest absolute Gasteiger partial charge is 0.302 e. The molecule has 2 fully saturated rings. The quantitative estimate of drug-likeness (QED) is 0.0856. The van der Waals surface area contributed by atoms with Gasteiger partial charge in [-0.05, 0) is 80.9 Å². The number of benzene rings is 4. The van der Waals surface area contributed by atoms with Crippen molar-refractivity contribution >= 4 is 17.3 Å². The zero-order valence-electron chi connectivity index (χ0n) is 27.4. The maximum atomic E-state index is 10.8. The summed E-state index contributed by atoms with van der Waals surface area (Å²) in [6.07, 6.45) is -0.557. The minimum atomic E-state index is -0.407. The van der Waals surface area contributed by atoms with Gasteiger partial charge in [0, 0.05) is 35.4 Å². The van der Waals surface area contributed by atoms with Crippen molar-refractivity contribution in [3.05, 3.63) is 117 Å². The average molecular weight is 661 g/mol. The molecule has 0 radical (unpaired) electrons. The molecule has 0 atom stereocenters. The highest BCUT2D eigenvalue weighted by Gasteiger charge is 2.19. The van der Waals surface area contributed by atoms with E-state index in [0.29, 0.717) is 50.1 Å². The highest BCUT2D eigenvalue weighted by Crippen LogP contribution is 2.30. The van der Waals surface area contributed by atoms with Crippen molar-refractivity contribution in [2.45, 2.75) is 40.3 Å². The van der Waals surface area contributed by atoms with E-state index in [4.69, 9.17) is 34.2 Å². The van der Waals surface area contributed by atoms with Crippen LogP contribution in [0.4, 0.5) is 11.4 Å². The van der Waals surface area contributed by atoms with Crippen LogP contribution in [-0.4, -0.2) is 43.9 Å². The lowest BCUT2D eigenvalue weighted by molar-refractivity contribution is -0.385. The van der Waals surface area contributed by atoms with Crippen LogP contribution >= 0.6 is 0 Å². The predicted molar refractivity (Wildman–Crippen MR) is 178 cm³/mol. The highest BCUT2D eigenvalue weighted by atomic mass is 16.7. The minimum absolute atomic E-state index is 0.0817. The Labute approximate surface area is 279 Å². The number of nitrogens with two attached hydrogens (primary N) is 1. The molecule has 0 bridgehead atoms. The van der Waals surface area contributed by atoms with Crippen molar-refractivity contribution in [1.82, 2.24) is 0 Å². The van der Waals surface area contributed by atoms with Crippen LogP contribution in [0.3, 0.4) is 0 Å². The number of hydrogen-bond acceptors (Lipinski definition) is 11. The molecule has 4 aromatic carbocycles. The molecule has 48 heavy (non-hydrogen) atoms. The van der Waals surface area contributed by atoms with E-state index in [0.717, 1.165) is 33.9 Å². The first-order valence-electron chi connectivity index (χ1n) is 15.4. The lowest BCUT2D eigenvalue weighted by Crippen LogP contribution is -1.97. The zero-order valence-corrected chi connectivity index (χ0v) is 27.4. The van der Waals surface area contributed by atoms with E-state index >= 15 is 0 Å². The summed E-state index contributed by atoms with van der Waals surface area (Å²) in [7, 11) is 0. The molecule has 0 aliphatic carbocycles. The molecule has 254 valence electrons. The monoisotopic (exact) mass is 660 g/mol. The average Bonchev–Trinajstić information content (AvgIpc) is 3.80. The first-order valence-corrected chi connectivity index (χ1v) is 15.4. The molecule has 2 heterocycles. The first-order chi connectivity index (χ1) is 23.1. The van der Waals surface area contributed by atoms with E-state index in [1.54, 1.807) is 26.0 Å². The Morgan fingerprint density at radius 1 is 0.729 bits per heavy atom. The zero-order chi connectivity index (χ0) is 34.5. The summed E-state index contributed by atoms with van der Waals surface area (Å²) in [5.74, 6) is 2.55. The summed E-state index contributed by atoms with van der Waals surface area (Å²) in [6, 6.07) is 25.4. The first kappa shape index (κ1) is 35.8. The third-order valence-corrected chi connectivity index (χ3v) is 6.97. The topological polar surface area (TPSA) is 151 Å². The Balaban J connectivity index is 0.000000186. The number of rotatable bonds is 8. The van der Waals surface area contributed by atoms with Crippen LogP contribution in [0.2, 0.25) is 0 Å². The van der Waals surface area contributed by atoms with Gasteiger partial charge in [0.05, 0.1) is 38.0 Å². The third kappa shape index (κ3) is 10.8. The maximum absolute atomic E-state index is 10.8. The second-order valence-corrected chi connectivity index (χ2v) is 10.6. The van der Waals surface area contributed by atoms with Gasteiger partial charge in [0.15, 0.2) is 12.6 Å². The van der Waals surface area contributed by atoms with Gasteiger partial charge < -0.3 is 38.9 Å². The van der Waals surface area contributed by atoms with Gasteiger partial charge >= 0.3 is 5.97 Å². The maximum Gasteiger partial charge on any atom is 0.302 e. The van der Waals surface area contributed by atoms with Gasteiger partial charge in [-0.2, -0.15) is 0 Å². The fourth-order valence-corrected chi connectivity index (χ4v) is 4.57. The van der Waals surface area contributed by atoms with Crippen molar-refractivity contribution in [3.8, 4) is 23.0 Å². The van der Waals surface area contributed by atoms with Gasteiger partial charge in [0.2, 0.25) is 0 Å². The van der Waals surface area contributed by atoms with Gasteiger partial charge in [0.1, 0.15) is 23.0 Å². The molecule has 2 N–H and O–H groups in total. The van der Waals surface area contributed by atoms with Gasteiger partial charge in [-0.1, -0.05) is 24.3 Å². The number of nitro benzene ring substituents is 1. The predicted octanol–water partition coefficient (Wildman–Crippen LogP) is 7.73. The van der Waals surface area contributed by atoms with Gasteiger partial charge in [-0.3, -0.25) is 14.9 Å². The van der Waals surface area contributed by atoms with Crippen molar-refractivity contribution < 1.29 is 42.9 Å². The summed E-state index contributed by atoms with van der Waals surface area (Å²) in [6.45, 7) is 9.79. The third-order valence-electron chi connectivity index (χ3n) is 6.97. The number of carbonyl (C=O) groups is 1. The highest BCUT2D eigenvalue weighted by molar-refractivity contribution is 5.65. The number of nitrogens with zero attached hydrogens (tertiary/aromatic N) is 1. The molecule has 0 unspecified atom stereocenters. The largest absolute Gasteiger partial charge is 0.466 e. The summed E-state index contributed by atoms with van der Waals surface area (Å²) >= 11 is 0. The van der Waals surface area contributed by atoms with Crippen LogP contribution in [0.5, 0.6) is 23.0 Å². The fourth-order valence-electron chi connectivity index (χ4n) is 4.57. The molecule has 4 aromatic rings. The van der Waals surface area contributed by atoms with E-state index in [1.165, 1.54) is 13.0 Å². The molecule has 0 spiro atoms. The summed E-state index contributed by atoms with van der Waals surface area (Å²) in [5.41, 5.74) is 10.1. The number of aryl methyl sites for hydroxylation is 2. The number of nitrogen functional groups attached to an aromatic ring is 1. The number of ether oxygens (including phenoxy) is 7. The molecule has 6 rings (SSSR count). The van der Waals surface area contributed by atoms with Gasteiger partial charge in [0.25, 0.3) is 5.69 Å². The molecule has 2 aliphatic heterocycles. The Kier molecular flexibility index (Phi) is 13.3. The van der Waals surface area contributed by atoms with Crippen molar-refractivity contribution in [1.29, 1.82) is 0 Å². The van der Waals surface area contributed by atoms with Crippen LogP contribution < -0.4 is 15.2 Å². The number of hydrogen-bond donors (Lipinski definition) is 1. The van der Waals surface area contributed by atoms with E-state index in [2.05, 4.69) is 4.74 Å². The number of carbonyl (C=O) groups excluding carboxylic acids is 1. The van der Waals surface area contributed by atoms with Crippen LogP contribution in [0.15, 0.2) is 84.9 Å². The van der Waals surface area contributed by atoms with E-state index in [-0.39, 0.29) is 24.2 Å². The molecular formula is C36H40N2O10. The van der Waals surface area contributed by atoms with E-state index < -0.39 is 4.92 Å². The van der Waals surface area contributed by atoms with Crippen molar-refractivity contribution in [2.75, 3.05) is 38.8 Å². The fraction of sp³-hybridized carbons (Fsp3) is 0.306. The number of anilines is 1. The summed E-state index contributed by atoms with van der Waals surface area (Å²) < 4.78 is 37.6. The number of nitro groups is 1. The van der Waals surface area contributed by atoms with Crippen LogP contribution in [0.1, 0.15) is 48.7 Å². The Bertz CT molecular complexity index is 1630. The van der Waals surface area contributed by atoms with Gasteiger partial charge in [-0.15, -0.1) is 0 Å². The normalized spacial score (nSPS) is 14.2. The van der Waals surface area contributed by atoms with E-state index in [9.17, 15) is 14.9 Å². The Hall–Kier alpha value is -5.01. The van der Waals surface area contributed by atoms with Gasteiger partial charge in [-0.25, -0.2) is 0 Å². The second kappa shape index (κ2) is 17.8. The molecule has 12 nitrogen and oxygen atoms in total. The standard InChI is InChI=1S/C16H15NO5.C16H17NO3.C4H8O2/c1-11-10-14(6-7-15(11)17(18)19)22-13-4-2-12(3-5-13)16-20-8-9-21-16;1-11-10-14(6-7-15(11)17)20-13-4-2-12(3-5-13)16-18-8-9-19-16;1-3-6-4(2)5/h2-7,10,16H,8-9H2,1H3;2-7,10,16H,8-9,17H2,1H3;3H2,1-2H3. The SMILES string of the molecule is CCOC(C)=O.Cc1cc(Oc2ccc(C3OCCO3)cc2)ccc1N.Cc1cc(Oc2ccc(C3OCCO3)cc2)ccc1[N+](=O)[O-]. The minimum Gasteiger partial charge on any atom is -0.466 e. The molecule has 0 aromatic heterocycles. The number of esters is 1. The van der Waals surface area contributed by atoms with Crippen LogP contribution in [-0.2, 0) is 28.5 Å². The molecular weight excluding hydrogens is 620 g/mol. The van der Waals surface area contributed by atoms with Crippen molar-refractivity contribution in [3.63, 3.8) is 0 Å². The molecule has 0 amide bonds. The van der Waals surface area contributed by atoms with Crippen molar-refractivity contribution in [2.24, 2.45) is 0 Å². The Morgan fingerprint density at radius 3 is 1.50 bits per heavy atom. The van der Waals surface area contributed by atoms with E-state index in [1.807, 2.05) is 73.7 Å². The molecule has 0 saturated carbocycles. The lowest BCUT2D eigenvalue weighted by Gasteiger charge is -2.11. The molecule has 2 aliphatic rings.